The van der Waals surface area contributed by atoms with Gasteiger partial charge in [0.2, 0.25) is 0 Å². The first kappa shape index (κ1) is 20.5. The summed E-state index contributed by atoms with van der Waals surface area (Å²) in [6.07, 6.45) is 9.42. The van der Waals surface area contributed by atoms with Crippen molar-refractivity contribution in [2.24, 2.45) is 23.2 Å². The molecule has 0 spiro atoms. The standard InChI is InChI=1S/C28H28N4OS/c33-25(28-13-18-10-19(14-28)12-20(11-18)15-28)17-34-27-31-30-26(32(27)21-6-2-1-3-7-21)23-16-29-24-9-5-4-8-22(23)24/h1-9,16,18-20,29H,10-15,17H2. The van der Waals surface area contributed by atoms with E-state index >= 15 is 0 Å². The van der Waals surface area contributed by atoms with Crippen molar-refractivity contribution in [2.75, 3.05) is 5.75 Å². The maximum atomic E-state index is 13.6. The Kier molecular flexibility index (Phi) is 4.73. The van der Waals surface area contributed by atoms with Crippen molar-refractivity contribution in [3.63, 3.8) is 0 Å². The van der Waals surface area contributed by atoms with Crippen LogP contribution >= 0.6 is 11.8 Å². The number of carbonyl (C=O) groups is 1. The molecule has 0 radical (unpaired) electrons. The third-order valence-electron chi connectivity index (χ3n) is 8.44. The summed E-state index contributed by atoms with van der Waals surface area (Å²) >= 11 is 1.55. The molecule has 1 N–H and O–H groups in total. The predicted octanol–water partition coefficient (Wildman–Crippen LogP) is 6.29. The SMILES string of the molecule is O=C(CSc1nnc(-c2c[nH]c3ccccc23)n1-c1ccccc1)C12CC3CC(CC(C3)C1)C2. The molecule has 172 valence electrons. The van der Waals surface area contributed by atoms with Gasteiger partial charge in [-0.2, -0.15) is 0 Å². The first-order valence-electron chi connectivity index (χ1n) is 12.4. The third kappa shape index (κ3) is 3.26. The van der Waals surface area contributed by atoms with E-state index in [0.717, 1.165) is 70.2 Å². The Balaban J connectivity index is 1.22. The molecule has 2 aromatic heterocycles. The lowest BCUT2D eigenvalue weighted by Crippen LogP contribution is -2.50. The van der Waals surface area contributed by atoms with Crippen LogP contribution in [0.5, 0.6) is 0 Å². The first-order chi connectivity index (χ1) is 16.7. The molecule has 0 amide bonds. The summed E-state index contributed by atoms with van der Waals surface area (Å²) in [7, 11) is 0. The Morgan fingerprint density at radius 1 is 0.941 bits per heavy atom. The third-order valence-corrected chi connectivity index (χ3v) is 9.37. The minimum Gasteiger partial charge on any atom is -0.360 e. The summed E-state index contributed by atoms with van der Waals surface area (Å²) in [5.74, 6) is 4.05. The summed E-state index contributed by atoms with van der Waals surface area (Å²) in [6.45, 7) is 0. The number of carbonyl (C=O) groups excluding carboxylic acids is 1. The first-order valence-corrected chi connectivity index (χ1v) is 13.4. The number of nitrogens with one attached hydrogen (secondary N) is 1. The van der Waals surface area contributed by atoms with Gasteiger partial charge in [0.15, 0.2) is 11.0 Å². The molecule has 4 bridgehead atoms. The van der Waals surface area contributed by atoms with Crippen LogP contribution in [0.25, 0.3) is 28.0 Å². The van der Waals surface area contributed by atoms with Crippen LogP contribution in [0.2, 0.25) is 0 Å². The van der Waals surface area contributed by atoms with Crippen molar-refractivity contribution in [3.05, 3.63) is 60.8 Å². The molecule has 4 aliphatic rings. The van der Waals surface area contributed by atoms with E-state index in [4.69, 9.17) is 0 Å². The molecule has 4 aliphatic carbocycles. The molecule has 4 saturated carbocycles. The monoisotopic (exact) mass is 468 g/mol. The number of hydrogen-bond donors (Lipinski definition) is 1. The number of aromatic nitrogens is 4. The highest BCUT2D eigenvalue weighted by atomic mass is 32.2. The van der Waals surface area contributed by atoms with E-state index in [2.05, 4.69) is 44.0 Å². The average Bonchev–Trinajstić information content (AvgIpc) is 3.46. The highest BCUT2D eigenvalue weighted by Gasteiger charge is 2.54. The van der Waals surface area contributed by atoms with Crippen molar-refractivity contribution in [3.8, 4) is 17.1 Å². The molecular weight excluding hydrogens is 440 g/mol. The van der Waals surface area contributed by atoms with E-state index in [9.17, 15) is 4.79 Å². The number of ketones is 1. The zero-order chi connectivity index (χ0) is 22.7. The zero-order valence-electron chi connectivity index (χ0n) is 19.1. The van der Waals surface area contributed by atoms with Crippen LogP contribution in [-0.4, -0.2) is 31.3 Å². The topological polar surface area (TPSA) is 63.6 Å². The molecule has 0 atom stereocenters. The van der Waals surface area contributed by atoms with Gasteiger partial charge < -0.3 is 4.98 Å². The molecule has 2 heterocycles. The molecule has 0 unspecified atom stereocenters. The summed E-state index contributed by atoms with van der Waals surface area (Å²) in [6, 6.07) is 18.5. The van der Waals surface area contributed by atoms with Gasteiger partial charge in [0.1, 0.15) is 5.78 Å². The minimum absolute atomic E-state index is 0.0704. The highest BCUT2D eigenvalue weighted by Crippen LogP contribution is 2.60. The van der Waals surface area contributed by atoms with Gasteiger partial charge in [-0.1, -0.05) is 48.2 Å². The number of para-hydroxylation sites is 2. The van der Waals surface area contributed by atoms with E-state index in [1.165, 1.54) is 19.3 Å². The lowest BCUT2D eigenvalue weighted by Gasteiger charge is -2.56. The minimum atomic E-state index is -0.0704. The second-order valence-corrected chi connectivity index (χ2v) is 11.6. The molecular formula is C28H28N4OS. The molecule has 4 aromatic rings. The van der Waals surface area contributed by atoms with E-state index in [1.807, 2.05) is 36.5 Å². The number of Topliss-reactive ketones (excluding diaryl/α,β-unsaturated/α-hetero) is 1. The Labute approximate surface area is 203 Å². The van der Waals surface area contributed by atoms with Gasteiger partial charge in [-0.15, -0.1) is 10.2 Å². The van der Waals surface area contributed by atoms with Gasteiger partial charge in [-0.25, -0.2) is 0 Å². The van der Waals surface area contributed by atoms with E-state index in [-0.39, 0.29) is 5.41 Å². The van der Waals surface area contributed by atoms with Crippen molar-refractivity contribution < 1.29 is 4.79 Å². The van der Waals surface area contributed by atoms with Crippen molar-refractivity contribution >= 4 is 28.4 Å². The van der Waals surface area contributed by atoms with Crippen LogP contribution in [0, 0.1) is 23.2 Å². The van der Waals surface area contributed by atoms with Gasteiger partial charge in [0.25, 0.3) is 0 Å². The van der Waals surface area contributed by atoms with Crippen LogP contribution in [0.15, 0.2) is 66.0 Å². The van der Waals surface area contributed by atoms with Crippen LogP contribution < -0.4 is 0 Å². The molecule has 4 fully saturated rings. The Morgan fingerprint density at radius 3 is 2.35 bits per heavy atom. The normalized spacial score (nSPS) is 27.5. The van der Waals surface area contributed by atoms with E-state index < -0.39 is 0 Å². The largest absolute Gasteiger partial charge is 0.360 e. The van der Waals surface area contributed by atoms with Crippen LogP contribution in [-0.2, 0) is 4.79 Å². The second kappa shape index (κ2) is 7.84. The molecule has 2 aromatic carbocycles. The number of rotatable bonds is 6. The Bertz CT molecular complexity index is 1340. The molecule has 5 nitrogen and oxygen atoms in total. The van der Waals surface area contributed by atoms with Crippen molar-refractivity contribution in [1.82, 2.24) is 19.7 Å². The van der Waals surface area contributed by atoms with Crippen molar-refractivity contribution in [1.29, 1.82) is 0 Å². The summed E-state index contributed by atoms with van der Waals surface area (Å²) < 4.78 is 2.10. The van der Waals surface area contributed by atoms with E-state index in [0.29, 0.717) is 11.5 Å². The summed E-state index contributed by atoms with van der Waals surface area (Å²) in [4.78, 5) is 17.0. The molecule has 34 heavy (non-hydrogen) atoms. The molecule has 0 aliphatic heterocycles. The van der Waals surface area contributed by atoms with Gasteiger partial charge in [0.05, 0.1) is 5.75 Å². The predicted molar refractivity (Wildman–Crippen MR) is 135 cm³/mol. The number of thioether (sulfide) groups is 1. The van der Waals surface area contributed by atoms with Crippen LogP contribution in [0.4, 0.5) is 0 Å². The Hall–Kier alpha value is -2.86. The molecule has 8 rings (SSSR count). The number of benzene rings is 2. The maximum absolute atomic E-state index is 13.6. The van der Waals surface area contributed by atoms with E-state index in [1.54, 1.807) is 11.8 Å². The fourth-order valence-electron chi connectivity index (χ4n) is 7.34. The summed E-state index contributed by atoms with van der Waals surface area (Å²) in [5, 5.41) is 11.1. The quantitative estimate of drug-likeness (QED) is 0.338. The molecule has 0 saturated heterocycles. The Morgan fingerprint density at radius 2 is 1.62 bits per heavy atom. The lowest BCUT2D eigenvalue weighted by molar-refractivity contribution is -0.141. The lowest BCUT2D eigenvalue weighted by atomic mass is 9.48. The number of fused-ring (bicyclic) bond motifs is 1. The van der Waals surface area contributed by atoms with Gasteiger partial charge >= 0.3 is 0 Å². The number of hydrogen-bond acceptors (Lipinski definition) is 4. The fraction of sp³-hybridized carbons (Fsp3) is 0.393. The maximum Gasteiger partial charge on any atom is 0.196 e. The van der Waals surface area contributed by atoms with Gasteiger partial charge in [-0.05, 0) is 74.5 Å². The van der Waals surface area contributed by atoms with Gasteiger partial charge in [0, 0.05) is 33.8 Å². The average molecular weight is 469 g/mol. The fourth-order valence-corrected chi connectivity index (χ4v) is 8.33. The van der Waals surface area contributed by atoms with Gasteiger partial charge in [-0.3, -0.25) is 9.36 Å². The molecule has 6 heteroatoms. The van der Waals surface area contributed by atoms with Crippen LogP contribution in [0.1, 0.15) is 38.5 Å². The number of H-pyrrole nitrogens is 1. The summed E-state index contributed by atoms with van der Waals surface area (Å²) in [5.41, 5.74) is 3.04. The van der Waals surface area contributed by atoms with Crippen molar-refractivity contribution in [2.45, 2.75) is 43.7 Å². The highest BCUT2D eigenvalue weighted by molar-refractivity contribution is 7.99. The number of nitrogens with zero attached hydrogens (tertiary/aromatic N) is 3. The number of aromatic amines is 1. The smallest absolute Gasteiger partial charge is 0.196 e. The van der Waals surface area contributed by atoms with Crippen LogP contribution in [0.3, 0.4) is 0 Å². The second-order valence-electron chi connectivity index (χ2n) is 10.6. The zero-order valence-corrected chi connectivity index (χ0v) is 19.9.